The molecule has 4 rings (SSSR count). The van der Waals surface area contributed by atoms with Gasteiger partial charge in [-0.25, -0.2) is 4.68 Å². The lowest BCUT2D eigenvalue weighted by Gasteiger charge is -2.23. The van der Waals surface area contributed by atoms with Crippen LogP contribution in [-0.2, 0) is 0 Å². The molecule has 0 aliphatic rings. The molecule has 0 saturated heterocycles. The average Bonchev–Trinajstić information content (AvgIpc) is 3.06. The Morgan fingerprint density at radius 1 is 0.920 bits per heavy atom. The van der Waals surface area contributed by atoms with Crippen LogP contribution >= 0.6 is 11.6 Å². The van der Waals surface area contributed by atoms with Crippen molar-refractivity contribution >= 4 is 28.3 Å². The molecule has 0 aliphatic heterocycles. The summed E-state index contributed by atoms with van der Waals surface area (Å²) in [6.45, 7) is 2.07. The molecular formula is C20H17ClN4. The van der Waals surface area contributed by atoms with Crippen molar-refractivity contribution in [1.82, 2.24) is 15.0 Å². The lowest BCUT2D eigenvalue weighted by molar-refractivity contribution is 0.571. The van der Waals surface area contributed by atoms with Crippen LogP contribution in [0.25, 0.3) is 11.0 Å². The number of hydrogen-bond donors (Lipinski definition) is 1. The fraction of sp³-hybridized carbons (Fsp3) is 0.100. The van der Waals surface area contributed by atoms with E-state index < -0.39 is 0 Å². The maximum Gasteiger partial charge on any atom is 0.150 e. The van der Waals surface area contributed by atoms with Crippen LogP contribution in [-0.4, -0.2) is 15.0 Å². The van der Waals surface area contributed by atoms with Crippen LogP contribution in [0, 0.1) is 6.92 Å². The highest BCUT2D eigenvalue weighted by Gasteiger charge is 2.20. The zero-order chi connectivity index (χ0) is 17.2. The van der Waals surface area contributed by atoms with Crippen LogP contribution < -0.4 is 5.32 Å². The van der Waals surface area contributed by atoms with Gasteiger partial charge in [0.1, 0.15) is 5.52 Å². The summed E-state index contributed by atoms with van der Waals surface area (Å²) in [6, 6.07) is 23.9. The molecule has 0 unspecified atom stereocenters. The second-order valence-corrected chi connectivity index (χ2v) is 6.31. The summed E-state index contributed by atoms with van der Waals surface area (Å²) in [5.41, 5.74) is 4.94. The van der Waals surface area contributed by atoms with Gasteiger partial charge in [0.25, 0.3) is 0 Å². The zero-order valence-electron chi connectivity index (χ0n) is 13.7. The third kappa shape index (κ3) is 2.96. The van der Waals surface area contributed by atoms with Crippen molar-refractivity contribution in [3.05, 3.63) is 88.9 Å². The minimum absolute atomic E-state index is 0.262. The van der Waals surface area contributed by atoms with Crippen molar-refractivity contribution in [3.63, 3.8) is 0 Å². The van der Waals surface area contributed by atoms with Gasteiger partial charge in [0.15, 0.2) is 6.17 Å². The Morgan fingerprint density at radius 2 is 1.64 bits per heavy atom. The molecule has 0 spiro atoms. The second-order valence-electron chi connectivity index (χ2n) is 5.91. The monoisotopic (exact) mass is 348 g/mol. The topological polar surface area (TPSA) is 42.7 Å². The standard InChI is InChI=1S/C20H17ClN4/c1-14-8-2-5-11-17(14)22-20(15-9-3-4-10-16(15)21)25-19-13-7-6-12-18(19)23-24-25/h2-13,20,22H,1H3/t20-/m0/s1. The van der Waals surface area contributed by atoms with Gasteiger partial charge in [-0.05, 0) is 36.8 Å². The molecule has 0 fully saturated rings. The van der Waals surface area contributed by atoms with Crippen molar-refractivity contribution in [2.24, 2.45) is 0 Å². The molecule has 1 heterocycles. The van der Waals surface area contributed by atoms with Crippen LogP contribution in [0.2, 0.25) is 5.02 Å². The summed E-state index contributed by atoms with van der Waals surface area (Å²) in [5, 5.41) is 12.9. The Bertz CT molecular complexity index is 1020. The molecule has 25 heavy (non-hydrogen) atoms. The van der Waals surface area contributed by atoms with E-state index in [1.807, 2.05) is 65.3 Å². The third-order valence-electron chi connectivity index (χ3n) is 4.26. The molecule has 124 valence electrons. The number of halogens is 1. The first kappa shape index (κ1) is 15.7. The highest BCUT2D eigenvalue weighted by molar-refractivity contribution is 6.31. The van der Waals surface area contributed by atoms with E-state index in [4.69, 9.17) is 11.6 Å². The number of fused-ring (bicyclic) bond motifs is 1. The maximum absolute atomic E-state index is 6.49. The van der Waals surface area contributed by atoms with Gasteiger partial charge in [-0.15, -0.1) is 5.10 Å². The molecule has 1 atom stereocenters. The molecular weight excluding hydrogens is 332 g/mol. The molecule has 4 nitrogen and oxygen atoms in total. The Balaban J connectivity index is 1.87. The first-order valence-electron chi connectivity index (χ1n) is 8.10. The number of aromatic nitrogens is 3. The summed E-state index contributed by atoms with van der Waals surface area (Å²) in [5.74, 6) is 0. The number of aryl methyl sites for hydroxylation is 1. The molecule has 0 aliphatic carbocycles. The fourth-order valence-electron chi connectivity index (χ4n) is 2.93. The molecule has 0 amide bonds. The van der Waals surface area contributed by atoms with Crippen molar-refractivity contribution in [2.75, 3.05) is 5.32 Å². The van der Waals surface area contributed by atoms with Crippen molar-refractivity contribution in [2.45, 2.75) is 13.1 Å². The summed E-state index contributed by atoms with van der Waals surface area (Å²) < 4.78 is 1.88. The highest BCUT2D eigenvalue weighted by Crippen LogP contribution is 2.30. The third-order valence-corrected chi connectivity index (χ3v) is 4.60. The Hall–Kier alpha value is -2.85. The highest BCUT2D eigenvalue weighted by atomic mass is 35.5. The molecule has 0 radical (unpaired) electrons. The Kier molecular flexibility index (Phi) is 4.12. The maximum atomic E-state index is 6.49. The summed E-state index contributed by atoms with van der Waals surface area (Å²) in [6.07, 6.45) is -0.262. The van der Waals surface area contributed by atoms with Crippen LogP contribution in [0.4, 0.5) is 5.69 Å². The van der Waals surface area contributed by atoms with Crippen LogP contribution in [0.1, 0.15) is 17.3 Å². The number of anilines is 1. The first-order valence-corrected chi connectivity index (χ1v) is 8.48. The molecule has 0 bridgehead atoms. The zero-order valence-corrected chi connectivity index (χ0v) is 14.5. The van der Waals surface area contributed by atoms with Crippen molar-refractivity contribution < 1.29 is 0 Å². The normalized spacial score (nSPS) is 12.2. The van der Waals surface area contributed by atoms with Gasteiger partial charge in [0.2, 0.25) is 0 Å². The summed E-state index contributed by atoms with van der Waals surface area (Å²) >= 11 is 6.49. The van der Waals surface area contributed by atoms with Gasteiger partial charge >= 0.3 is 0 Å². The summed E-state index contributed by atoms with van der Waals surface area (Å²) in [4.78, 5) is 0. The van der Waals surface area contributed by atoms with Gasteiger partial charge in [-0.1, -0.05) is 65.3 Å². The van der Waals surface area contributed by atoms with E-state index in [0.717, 1.165) is 27.8 Å². The second kappa shape index (κ2) is 6.57. The number of para-hydroxylation sites is 2. The first-order chi connectivity index (χ1) is 12.2. The lowest BCUT2D eigenvalue weighted by Crippen LogP contribution is -2.21. The number of nitrogens with one attached hydrogen (secondary N) is 1. The molecule has 5 heteroatoms. The van der Waals surface area contributed by atoms with Gasteiger partial charge in [0, 0.05) is 16.3 Å². The van der Waals surface area contributed by atoms with Gasteiger partial charge < -0.3 is 5.32 Å². The summed E-state index contributed by atoms with van der Waals surface area (Å²) in [7, 11) is 0. The molecule has 3 aromatic carbocycles. The average molecular weight is 349 g/mol. The smallest absolute Gasteiger partial charge is 0.150 e. The number of hydrogen-bond acceptors (Lipinski definition) is 3. The van der Waals surface area contributed by atoms with Gasteiger partial charge in [0.05, 0.1) is 5.52 Å². The molecule has 4 aromatic rings. The molecule has 1 aromatic heterocycles. The minimum Gasteiger partial charge on any atom is -0.360 e. The predicted octanol–water partition coefficient (Wildman–Crippen LogP) is 5.05. The van der Waals surface area contributed by atoms with E-state index >= 15 is 0 Å². The van der Waals surface area contributed by atoms with E-state index in [-0.39, 0.29) is 6.17 Å². The van der Waals surface area contributed by atoms with E-state index in [1.165, 1.54) is 0 Å². The van der Waals surface area contributed by atoms with E-state index in [2.05, 4.69) is 34.7 Å². The van der Waals surface area contributed by atoms with E-state index in [9.17, 15) is 0 Å². The van der Waals surface area contributed by atoms with Gasteiger partial charge in [-0.2, -0.15) is 0 Å². The van der Waals surface area contributed by atoms with E-state index in [0.29, 0.717) is 5.02 Å². The largest absolute Gasteiger partial charge is 0.360 e. The Morgan fingerprint density at radius 3 is 2.48 bits per heavy atom. The van der Waals surface area contributed by atoms with Crippen molar-refractivity contribution in [3.8, 4) is 0 Å². The van der Waals surface area contributed by atoms with E-state index in [1.54, 1.807) is 0 Å². The lowest BCUT2D eigenvalue weighted by atomic mass is 10.1. The number of nitrogens with zero attached hydrogens (tertiary/aromatic N) is 3. The molecule has 0 saturated carbocycles. The van der Waals surface area contributed by atoms with Crippen LogP contribution in [0.15, 0.2) is 72.8 Å². The fourth-order valence-corrected chi connectivity index (χ4v) is 3.17. The quantitative estimate of drug-likeness (QED) is 0.561. The number of rotatable bonds is 4. The SMILES string of the molecule is Cc1ccccc1N[C@H](c1ccccc1Cl)n1nnc2ccccc21. The predicted molar refractivity (Wildman–Crippen MR) is 102 cm³/mol. The van der Waals surface area contributed by atoms with Crippen molar-refractivity contribution in [1.29, 1.82) is 0 Å². The van der Waals surface area contributed by atoms with Crippen LogP contribution in [0.5, 0.6) is 0 Å². The van der Waals surface area contributed by atoms with Gasteiger partial charge in [-0.3, -0.25) is 0 Å². The molecule has 1 N–H and O–H groups in total. The number of benzene rings is 3. The van der Waals surface area contributed by atoms with Crippen LogP contribution in [0.3, 0.4) is 0 Å². The minimum atomic E-state index is -0.262. The Labute approximate surface area is 151 Å².